The Morgan fingerprint density at radius 1 is 1.06 bits per heavy atom. The van der Waals surface area contributed by atoms with E-state index in [0.29, 0.717) is 23.7 Å². The van der Waals surface area contributed by atoms with Crippen molar-refractivity contribution in [3.05, 3.63) is 65.2 Å². The number of nitrogens with one attached hydrogen (secondary N) is 1. The van der Waals surface area contributed by atoms with Crippen molar-refractivity contribution in [2.45, 2.75) is 45.7 Å². The molecule has 0 saturated heterocycles. The van der Waals surface area contributed by atoms with Crippen molar-refractivity contribution in [1.82, 2.24) is 10.2 Å². The molecule has 0 aliphatic carbocycles. The lowest BCUT2D eigenvalue weighted by Crippen LogP contribution is -2.52. The van der Waals surface area contributed by atoms with Gasteiger partial charge >= 0.3 is 0 Å². The second kappa shape index (κ2) is 12.6. The zero-order chi connectivity index (χ0) is 24.4. The third-order valence-electron chi connectivity index (χ3n) is 5.19. The van der Waals surface area contributed by atoms with Crippen LogP contribution in [0.1, 0.15) is 38.7 Å². The fourth-order valence-electron chi connectivity index (χ4n) is 3.45. The SMILES string of the molecule is CCCCNC(=O)C(CC)N(Cc1ccccc1)C(=O)CN(c1cccc(Cl)c1)S(C)(=O)=O. The molecule has 7 nitrogen and oxygen atoms in total. The summed E-state index contributed by atoms with van der Waals surface area (Å²) in [5.41, 5.74) is 1.14. The van der Waals surface area contributed by atoms with E-state index in [0.717, 1.165) is 29.0 Å². The summed E-state index contributed by atoms with van der Waals surface area (Å²) in [7, 11) is -3.78. The number of carbonyl (C=O) groups excluding carboxylic acids is 2. The van der Waals surface area contributed by atoms with E-state index in [2.05, 4.69) is 5.32 Å². The van der Waals surface area contributed by atoms with Gasteiger partial charge < -0.3 is 10.2 Å². The first-order valence-corrected chi connectivity index (χ1v) is 13.2. The highest BCUT2D eigenvalue weighted by Gasteiger charge is 2.31. The summed E-state index contributed by atoms with van der Waals surface area (Å²) in [6, 6.07) is 14.9. The Balaban J connectivity index is 2.37. The van der Waals surface area contributed by atoms with Crippen LogP contribution in [-0.4, -0.2) is 50.5 Å². The minimum Gasteiger partial charge on any atom is -0.354 e. The van der Waals surface area contributed by atoms with Crippen LogP contribution < -0.4 is 9.62 Å². The van der Waals surface area contributed by atoms with Crippen molar-refractivity contribution in [3.8, 4) is 0 Å². The molecular formula is C24H32ClN3O4S. The normalized spacial score (nSPS) is 12.1. The average molecular weight is 494 g/mol. The van der Waals surface area contributed by atoms with Gasteiger partial charge in [-0.05, 0) is 36.6 Å². The molecule has 9 heteroatoms. The van der Waals surface area contributed by atoms with E-state index in [1.807, 2.05) is 44.2 Å². The zero-order valence-electron chi connectivity index (χ0n) is 19.3. The number of unbranched alkanes of at least 4 members (excludes halogenated alkanes) is 1. The van der Waals surface area contributed by atoms with E-state index >= 15 is 0 Å². The van der Waals surface area contributed by atoms with Gasteiger partial charge in [-0.3, -0.25) is 13.9 Å². The number of hydrogen-bond acceptors (Lipinski definition) is 4. The Hall–Kier alpha value is -2.58. The van der Waals surface area contributed by atoms with Crippen LogP contribution in [0.5, 0.6) is 0 Å². The molecule has 0 saturated carbocycles. The van der Waals surface area contributed by atoms with Gasteiger partial charge in [0.2, 0.25) is 21.8 Å². The van der Waals surface area contributed by atoms with Crippen molar-refractivity contribution in [2.24, 2.45) is 0 Å². The topological polar surface area (TPSA) is 86.8 Å². The number of rotatable bonds is 12. The van der Waals surface area contributed by atoms with Crippen LogP contribution in [0.3, 0.4) is 0 Å². The molecule has 33 heavy (non-hydrogen) atoms. The summed E-state index contributed by atoms with van der Waals surface area (Å²) in [6.45, 7) is 4.14. The van der Waals surface area contributed by atoms with E-state index in [1.165, 1.54) is 11.0 Å². The number of anilines is 1. The fourth-order valence-corrected chi connectivity index (χ4v) is 4.48. The molecule has 0 aromatic heterocycles. The van der Waals surface area contributed by atoms with Crippen LogP contribution in [0, 0.1) is 0 Å². The van der Waals surface area contributed by atoms with E-state index in [1.54, 1.807) is 18.2 Å². The van der Waals surface area contributed by atoms with Crippen molar-refractivity contribution in [2.75, 3.05) is 23.7 Å². The molecule has 1 atom stereocenters. The lowest BCUT2D eigenvalue weighted by Gasteiger charge is -2.33. The molecule has 1 unspecified atom stereocenters. The predicted molar refractivity (Wildman–Crippen MR) is 133 cm³/mol. The van der Waals surface area contributed by atoms with Gasteiger partial charge in [0.05, 0.1) is 11.9 Å². The second-order valence-corrected chi connectivity index (χ2v) is 10.2. The maximum atomic E-state index is 13.5. The van der Waals surface area contributed by atoms with Gasteiger partial charge in [-0.2, -0.15) is 0 Å². The second-order valence-electron chi connectivity index (χ2n) is 7.83. The van der Waals surface area contributed by atoms with Crippen molar-refractivity contribution in [3.63, 3.8) is 0 Å². The molecule has 2 rings (SSSR count). The molecule has 0 heterocycles. The Morgan fingerprint density at radius 3 is 2.33 bits per heavy atom. The smallest absolute Gasteiger partial charge is 0.244 e. The minimum atomic E-state index is -3.78. The standard InChI is InChI=1S/C24H32ClN3O4S/c1-4-6-15-26-24(30)22(5-2)27(17-19-11-8-7-9-12-19)23(29)18-28(33(3,31)32)21-14-10-13-20(25)16-21/h7-14,16,22H,4-6,15,17-18H2,1-3H3,(H,26,30). The lowest BCUT2D eigenvalue weighted by atomic mass is 10.1. The van der Waals surface area contributed by atoms with Gasteiger partial charge in [0.25, 0.3) is 0 Å². The Labute approximate surface area is 201 Å². The summed E-state index contributed by atoms with van der Waals surface area (Å²) < 4.78 is 26.1. The Morgan fingerprint density at radius 2 is 1.76 bits per heavy atom. The van der Waals surface area contributed by atoms with Crippen LogP contribution in [-0.2, 0) is 26.2 Å². The summed E-state index contributed by atoms with van der Waals surface area (Å²) in [4.78, 5) is 27.9. The fraction of sp³-hybridized carbons (Fsp3) is 0.417. The quantitative estimate of drug-likeness (QED) is 0.455. The summed E-state index contributed by atoms with van der Waals surface area (Å²) in [5, 5.41) is 3.25. The van der Waals surface area contributed by atoms with E-state index in [-0.39, 0.29) is 12.5 Å². The van der Waals surface area contributed by atoms with Crippen LogP contribution in [0.4, 0.5) is 5.69 Å². The monoisotopic (exact) mass is 493 g/mol. The molecule has 0 aliphatic rings. The number of nitrogens with zero attached hydrogens (tertiary/aromatic N) is 2. The Bertz CT molecular complexity index is 1030. The van der Waals surface area contributed by atoms with Crippen molar-refractivity contribution >= 4 is 39.1 Å². The first-order valence-electron chi connectivity index (χ1n) is 11.0. The highest BCUT2D eigenvalue weighted by molar-refractivity contribution is 7.92. The summed E-state index contributed by atoms with van der Waals surface area (Å²) in [5.74, 6) is -0.717. The first kappa shape index (κ1) is 26.7. The summed E-state index contributed by atoms with van der Waals surface area (Å²) in [6.07, 6.45) is 3.21. The van der Waals surface area contributed by atoms with Crippen LogP contribution >= 0.6 is 11.6 Å². The van der Waals surface area contributed by atoms with Crippen molar-refractivity contribution < 1.29 is 18.0 Å². The van der Waals surface area contributed by atoms with E-state index in [9.17, 15) is 18.0 Å². The highest BCUT2D eigenvalue weighted by atomic mass is 35.5. The van der Waals surface area contributed by atoms with Gasteiger partial charge in [-0.15, -0.1) is 0 Å². The van der Waals surface area contributed by atoms with Crippen molar-refractivity contribution in [1.29, 1.82) is 0 Å². The molecule has 0 spiro atoms. The predicted octanol–water partition coefficient (Wildman–Crippen LogP) is 3.83. The number of amides is 2. The van der Waals surface area contributed by atoms with Gasteiger partial charge in [-0.1, -0.05) is 68.3 Å². The molecule has 2 aromatic carbocycles. The lowest BCUT2D eigenvalue weighted by molar-refractivity contribution is -0.140. The molecular weight excluding hydrogens is 462 g/mol. The number of benzene rings is 2. The maximum Gasteiger partial charge on any atom is 0.244 e. The van der Waals surface area contributed by atoms with Crippen LogP contribution in [0.15, 0.2) is 54.6 Å². The van der Waals surface area contributed by atoms with Gasteiger partial charge in [-0.25, -0.2) is 8.42 Å². The Kier molecular flexibility index (Phi) is 10.2. The molecule has 0 radical (unpaired) electrons. The molecule has 0 fully saturated rings. The largest absolute Gasteiger partial charge is 0.354 e. The highest BCUT2D eigenvalue weighted by Crippen LogP contribution is 2.23. The van der Waals surface area contributed by atoms with Crippen LogP contribution in [0.25, 0.3) is 0 Å². The van der Waals surface area contributed by atoms with Gasteiger partial charge in [0.1, 0.15) is 12.6 Å². The van der Waals surface area contributed by atoms with Gasteiger partial charge in [0.15, 0.2) is 0 Å². The third kappa shape index (κ3) is 8.05. The number of sulfonamides is 1. The summed E-state index contributed by atoms with van der Waals surface area (Å²) >= 11 is 6.05. The number of hydrogen-bond donors (Lipinski definition) is 1. The zero-order valence-corrected chi connectivity index (χ0v) is 20.9. The third-order valence-corrected chi connectivity index (χ3v) is 6.56. The first-order chi connectivity index (χ1) is 15.7. The maximum absolute atomic E-state index is 13.5. The average Bonchev–Trinajstić information content (AvgIpc) is 2.77. The molecule has 1 N–H and O–H groups in total. The molecule has 2 amide bonds. The van der Waals surface area contributed by atoms with Crippen LogP contribution in [0.2, 0.25) is 5.02 Å². The minimum absolute atomic E-state index is 0.187. The number of halogens is 1. The van der Waals surface area contributed by atoms with Gasteiger partial charge in [0, 0.05) is 18.1 Å². The van der Waals surface area contributed by atoms with E-state index in [4.69, 9.17) is 11.6 Å². The number of carbonyl (C=O) groups is 2. The molecule has 0 aliphatic heterocycles. The van der Waals surface area contributed by atoms with E-state index < -0.39 is 28.5 Å². The molecule has 0 bridgehead atoms. The molecule has 180 valence electrons. The molecule has 2 aromatic rings.